The van der Waals surface area contributed by atoms with E-state index in [-0.39, 0.29) is 0 Å². The summed E-state index contributed by atoms with van der Waals surface area (Å²) in [7, 11) is 0. The molecular weight excluding hydrogens is 383 g/mol. The van der Waals surface area contributed by atoms with E-state index in [4.69, 9.17) is 34.8 Å². The van der Waals surface area contributed by atoms with E-state index in [2.05, 4.69) is 11.1 Å². The average Bonchev–Trinajstić information content (AvgIpc) is 2.59. The van der Waals surface area contributed by atoms with Crippen molar-refractivity contribution in [1.82, 2.24) is 4.98 Å². The summed E-state index contributed by atoms with van der Waals surface area (Å²) in [6.07, 6.45) is 1.72. The number of nitrogens with zero attached hydrogens (tertiary/aromatic N) is 2. The van der Waals surface area contributed by atoms with Gasteiger partial charge in [0.2, 0.25) is 0 Å². The Labute approximate surface area is 159 Å². The fourth-order valence-electron chi connectivity index (χ4n) is 2.09. The monoisotopic (exact) mass is 390 g/mol. The van der Waals surface area contributed by atoms with Crippen LogP contribution in [0.4, 0.5) is 0 Å². The van der Waals surface area contributed by atoms with Gasteiger partial charge in [0.25, 0.3) is 0 Å². The van der Waals surface area contributed by atoms with Gasteiger partial charge in [-0.3, -0.25) is 0 Å². The van der Waals surface area contributed by atoms with E-state index in [0.717, 1.165) is 11.1 Å². The minimum absolute atomic E-state index is 0.462. The largest absolute Gasteiger partial charge is 0.248 e. The number of nitriles is 1. The van der Waals surface area contributed by atoms with E-state index in [1.807, 2.05) is 12.1 Å². The number of aromatic nitrogens is 1. The summed E-state index contributed by atoms with van der Waals surface area (Å²) in [4.78, 5) is 5.10. The predicted octanol–water partition coefficient (Wildman–Crippen LogP) is 6.73. The quantitative estimate of drug-likeness (QED) is 0.496. The van der Waals surface area contributed by atoms with E-state index >= 15 is 0 Å². The molecule has 0 fully saturated rings. The third kappa shape index (κ3) is 3.68. The molecule has 2 nitrogen and oxygen atoms in total. The summed E-state index contributed by atoms with van der Waals surface area (Å²) in [6.45, 7) is 0. The van der Waals surface area contributed by atoms with Crippen molar-refractivity contribution >= 4 is 46.6 Å². The average molecular weight is 392 g/mol. The Hall–Kier alpha value is -1.70. The lowest BCUT2D eigenvalue weighted by atomic mass is 10.1. The Bertz CT molecular complexity index is 914. The van der Waals surface area contributed by atoms with Gasteiger partial charge in [-0.2, -0.15) is 5.26 Å². The molecule has 0 bridgehead atoms. The van der Waals surface area contributed by atoms with Crippen LogP contribution in [0, 0.1) is 11.3 Å². The number of hydrogen-bond acceptors (Lipinski definition) is 3. The number of pyridine rings is 1. The second kappa shape index (κ2) is 7.46. The maximum Gasteiger partial charge on any atom is 0.119 e. The van der Waals surface area contributed by atoms with E-state index in [0.29, 0.717) is 30.6 Å². The smallest absolute Gasteiger partial charge is 0.119 e. The van der Waals surface area contributed by atoms with Gasteiger partial charge in [0.15, 0.2) is 0 Å². The van der Waals surface area contributed by atoms with Crippen LogP contribution in [-0.4, -0.2) is 4.98 Å². The molecule has 0 N–H and O–H groups in total. The highest BCUT2D eigenvalue weighted by Gasteiger charge is 2.13. The van der Waals surface area contributed by atoms with Crippen LogP contribution in [0.25, 0.3) is 11.1 Å². The normalized spacial score (nSPS) is 10.4. The second-order valence-corrected chi connectivity index (χ2v) is 7.10. The molecule has 24 heavy (non-hydrogen) atoms. The molecule has 0 atom stereocenters. The van der Waals surface area contributed by atoms with E-state index in [9.17, 15) is 5.26 Å². The molecule has 0 saturated heterocycles. The molecular formula is C18H9Cl3N2S. The van der Waals surface area contributed by atoms with Crippen molar-refractivity contribution in [3.05, 3.63) is 75.4 Å². The third-order valence-corrected chi connectivity index (χ3v) is 5.54. The van der Waals surface area contributed by atoms with Gasteiger partial charge < -0.3 is 0 Å². The van der Waals surface area contributed by atoms with Crippen LogP contribution in [0.3, 0.4) is 0 Å². The molecule has 2 aromatic carbocycles. The van der Waals surface area contributed by atoms with Crippen LogP contribution < -0.4 is 0 Å². The van der Waals surface area contributed by atoms with Crippen LogP contribution in [0.2, 0.25) is 15.1 Å². The molecule has 118 valence electrons. The molecule has 0 unspecified atom stereocenters. The molecule has 0 amide bonds. The standard InChI is InChI=1S/C18H9Cl3N2S/c19-14-6-4-11(5-7-14)13-8-12(9-22)18(23-10-13)24-17-15(20)2-1-3-16(17)21/h1-8,10H. The molecule has 0 aliphatic carbocycles. The van der Waals surface area contributed by atoms with Gasteiger partial charge >= 0.3 is 0 Å². The fraction of sp³-hybridized carbons (Fsp3) is 0. The first-order valence-electron chi connectivity index (χ1n) is 6.86. The molecule has 0 aliphatic rings. The van der Waals surface area contributed by atoms with Gasteiger partial charge in [0, 0.05) is 16.8 Å². The third-order valence-electron chi connectivity index (χ3n) is 3.27. The first-order chi connectivity index (χ1) is 11.6. The molecule has 3 rings (SSSR count). The highest BCUT2D eigenvalue weighted by molar-refractivity contribution is 7.99. The Morgan fingerprint density at radius 2 is 1.58 bits per heavy atom. The molecule has 3 aromatic rings. The Morgan fingerprint density at radius 1 is 0.917 bits per heavy atom. The maximum atomic E-state index is 9.46. The molecule has 1 aromatic heterocycles. The number of hydrogen-bond donors (Lipinski definition) is 0. The van der Waals surface area contributed by atoms with Gasteiger partial charge in [-0.15, -0.1) is 0 Å². The lowest BCUT2D eigenvalue weighted by Gasteiger charge is -2.09. The Kier molecular flexibility index (Phi) is 5.33. The number of halogens is 3. The van der Waals surface area contributed by atoms with Crippen LogP contribution in [-0.2, 0) is 0 Å². The molecule has 0 aliphatic heterocycles. The Morgan fingerprint density at radius 3 is 2.21 bits per heavy atom. The first kappa shape index (κ1) is 17.1. The van der Waals surface area contributed by atoms with Gasteiger partial charge in [0.1, 0.15) is 11.1 Å². The van der Waals surface area contributed by atoms with Crippen LogP contribution in [0.1, 0.15) is 5.56 Å². The van der Waals surface area contributed by atoms with Crippen molar-refractivity contribution in [3.63, 3.8) is 0 Å². The van der Waals surface area contributed by atoms with E-state index in [1.54, 1.807) is 42.6 Å². The van der Waals surface area contributed by atoms with Crippen molar-refractivity contribution in [3.8, 4) is 17.2 Å². The number of rotatable bonds is 3. The second-order valence-electron chi connectivity index (χ2n) is 4.85. The van der Waals surface area contributed by atoms with Crippen molar-refractivity contribution in [1.29, 1.82) is 5.26 Å². The zero-order chi connectivity index (χ0) is 17.1. The lowest BCUT2D eigenvalue weighted by molar-refractivity contribution is 1.11. The topological polar surface area (TPSA) is 36.7 Å². The zero-order valence-electron chi connectivity index (χ0n) is 12.1. The highest BCUT2D eigenvalue weighted by Crippen LogP contribution is 2.39. The maximum absolute atomic E-state index is 9.46. The van der Waals surface area contributed by atoms with E-state index < -0.39 is 0 Å². The van der Waals surface area contributed by atoms with Crippen molar-refractivity contribution in [2.24, 2.45) is 0 Å². The summed E-state index contributed by atoms with van der Waals surface area (Å²) < 4.78 is 0. The lowest BCUT2D eigenvalue weighted by Crippen LogP contribution is -1.90. The Balaban J connectivity index is 1.99. The summed E-state index contributed by atoms with van der Waals surface area (Å²) >= 11 is 19.6. The van der Waals surface area contributed by atoms with Crippen LogP contribution in [0.5, 0.6) is 0 Å². The molecule has 0 saturated carbocycles. The highest BCUT2D eigenvalue weighted by atomic mass is 35.5. The summed E-state index contributed by atoms with van der Waals surface area (Å²) in [5.74, 6) is 0. The van der Waals surface area contributed by atoms with E-state index in [1.165, 1.54) is 11.8 Å². The zero-order valence-corrected chi connectivity index (χ0v) is 15.2. The van der Waals surface area contributed by atoms with Crippen molar-refractivity contribution in [2.45, 2.75) is 9.92 Å². The van der Waals surface area contributed by atoms with Crippen LogP contribution >= 0.6 is 46.6 Å². The molecule has 0 spiro atoms. The molecule has 1 heterocycles. The minimum atomic E-state index is 0.462. The van der Waals surface area contributed by atoms with Crippen LogP contribution in [0.15, 0.2) is 64.6 Å². The summed E-state index contributed by atoms with van der Waals surface area (Å²) in [5.41, 5.74) is 2.25. The molecule has 6 heteroatoms. The van der Waals surface area contributed by atoms with Gasteiger partial charge in [0.05, 0.1) is 20.5 Å². The first-order valence-corrected chi connectivity index (χ1v) is 8.81. The van der Waals surface area contributed by atoms with Crippen molar-refractivity contribution in [2.75, 3.05) is 0 Å². The fourth-order valence-corrected chi connectivity index (χ4v) is 3.69. The number of benzene rings is 2. The summed E-state index contributed by atoms with van der Waals surface area (Å²) in [6, 6.07) is 16.6. The minimum Gasteiger partial charge on any atom is -0.248 e. The SMILES string of the molecule is N#Cc1cc(-c2ccc(Cl)cc2)cnc1Sc1c(Cl)cccc1Cl. The predicted molar refractivity (Wildman–Crippen MR) is 100.0 cm³/mol. The molecule has 0 radical (unpaired) electrons. The van der Waals surface area contributed by atoms with Crippen molar-refractivity contribution < 1.29 is 0 Å². The van der Waals surface area contributed by atoms with Gasteiger partial charge in [-0.05, 0) is 35.9 Å². The summed E-state index contributed by atoms with van der Waals surface area (Å²) in [5, 5.41) is 11.7. The van der Waals surface area contributed by atoms with Gasteiger partial charge in [-0.1, -0.05) is 64.8 Å². The van der Waals surface area contributed by atoms with Gasteiger partial charge in [-0.25, -0.2) is 4.98 Å².